The molecule has 17 heavy (non-hydrogen) atoms. The topological polar surface area (TPSA) is 50.8 Å². The van der Waals surface area contributed by atoms with Crippen LogP contribution in [0, 0.1) is 0 Å². The van der Waals surface area contributed by atoms with Crippen LogP contribution in [-0.2, 0) is 9.47 Å². The largest absolute Gasteiger partial charge is 0.379 e. The third kappa shape index (κ3) is 3.10. The molecule has 0 aromatic heterocycles. The number of nitrogens with zero attached hydrogens (tertiary/aromatic N) is 1. The minimum Gasteiger partial charge on any atom is -0.379 e. The Morgan fingerprint density at radius 1 is 1.59 bits per heavy atom. The van der Waals surface area contributed by atoms with Crippen LogP contribution < -0.4 is 5.32 Å². The fourth-order valence-electron chi connectivity index (χ4n) is 2.46. The van der Waals surface area contributed by atoms with E-state index in [1.165, 1.54) is 0 Å². The van der Waals surface area contributed by atoms with E-state index in [1.807, 2.05) is 4.90 Å². The molecule has 98 valence electrons. The summed E-state index contributed by atoms with van der Waals surface area (Å²) in [6, 6.07) is 0.196. The minimum absolute atomic E-state index is 0.0171. The Bertz CT molecular complexity index is 279. The summed E-state index contributed by atoms with van der Waals surface area (Å²) in [5.41, 5.74) is -0.193. The number of likely N-dealkylation sites (tertiary alicyclic amines) is 1. The van der Waals surface area contributed by atoms with Crippen molar-refractivity contribution in [3.05, 3.63) is 0 Å². The lowest BCUT2D eigenvalue weighted by Crippen LogP contribution is -2.54. The van der Waals surface area contributed by atoms with E-state index in [4.69, 9.17) is 9.47 Å². The number of methoxy groups -OCH3 is 1. The van der Waals surface area contributed by atoms with Gasteiger partial charge in [0.1, 0.15) is 0 Å². The Balaban J connectivity index is 1.86. The number of rotatable bonds is 2. The first-order valence-electron chi connectivity index (χ1n) is 6.31. The fourth-order valence-corrected chi connectivity index (χ4v) is 2.46. The molecule has 2 fully saturated rings. The second kappa shape index (κ2) is 5.23. The average molecular weight is 242 g/mol. The van der Waals surface area contributed by atoms with Gasteiger partial charge in [0.2, 0.25) is 0 Å². The van der Waals surface area contributed by atoms with Gasteiger partial charge < -0.3 is 19.7 Å². The zero-order valence-corrected chi connectivity index (χ0v) is 10.7. The van der Waals surface area contributed by atoms with E-state index in [-0.39, 0.29) is 17.7 Å². The molecule has 2 aliphatic heterocycles. The lowest BCUT2D eigenvalue weighted by Gasteiger charge is -2.39. The molecule has 0 aliphatic carbocycles. The van der Waals surface area contributed by atoms with Crippen molar-refractivity contribution in [2.45, 2.75) is 37.8 Å². The Labute approximate surface area is 102 Å². The summed E-state index contributed by atoms with van der Waals surface area (Å²) in [6.45, 7) is 4.94. The molecule has 2 atom stereocenters. The van der Waals surface area contributed by atoms with E-state index in [9.17, 15) is 4.79 Å². The molecule has 5 nitrogen and oxygen atoms in total. The van der Waals surface area contributed by atoms with Gasteiger partial charge in [0.05, 0.1) is 24.8 Å². The smallest absolute Gasteiger partial charge is 0.317 e. The van der Waals surface area contributed by atoms with Crippen LogP contribution in [0.5, 0.6) is 0 Å². The van der Waals surface area contributed by atoms with Crippen LogP contribution in [0.4, 0.5) is 4.79 Å². The Morgan fingerprint density at radius 2 is 2.41 bits per heavy atom. The molecule has 2 rings (SSSR count). The number of hydrogen-bond acceptors (Lipinski definition) is 3. The van der Waals surface area contributed by atoms with Crippen LogP contribution >= 0.6 is 0 Å². The van der Waals surface area contributed by atoms with Gasteiger partial charge in [-0.25, -0.2) is 4.79 Å². The van der Waals surface area contributed by atoms with E-state index in [2.05, 4.69) is 12.2 Å². The third-order valence-electron chi connectivity index (χ3n) is 3.70. The lowest BCUT2D eigenvalue weighted by molar-refractivity contribution is -0.0403. The van der Waals surface area contributed by atoms with Crippen molar-refractivity contribution >= 4 is 6.03 Å². The first kappa shape index (κ1) is 12.6. The van der Waals surface area contributed by atoms with E-state index in [0.717, 1.165) is 32.4 Å². The lowest BCUT2D eigenvalue weighted by atomic mass is 9.95. The zero-order chi connectivity index (χ0) is 12.3. The normalized spacial score (nSPS) is 33.8. The highest BCUT2D eigenvalue weighted by Crippen LogP contribution is 2.23. The molecule has 2 heterocycles. The van der Waals surface area contributed by atoms with Gasteiger partial charge in [0, 0.05) is 20.3 Å². The molecular formula is C12H22N2O3. The van der Waals surface area contributed by atoms with Gasteiger partial charge in [0.15, 0.2) is 0 Å². The van der Waals surface area contributed by atoms with Gasteiger partial charge in [-0.15, -0.1) is 0 Å². The van der Waals surface area contributed by atoms with E-state index >= 15 is 0 Å². The van der Waals surface area contributed by atoms with E-state index in [1.54, 1.807) is 7.11 Å². The molecule has 2 aliphatic rings. The second-order valence-corrected chi connectivity index (χ2v) is 5.19. The van der Waals surface area contributed by atoms with Crippen LogP contribution in [-0.4, -0.2) is 56.0 Å². The highest BCUT2D eigenvalue weighted by molar-refractivity contribution is 5.74. The van der Waals surface area contributed by atoms with Gasteiger partial charge in [0.25, 0.3) is 0 Å². The first-order chi connectivity index (χ1) is 8.13. The van der Waals surface area contributed by atoms with E-state index in [0.29, 0.717) is 13.2 Å². The van der Waals surface area contributed by atoms with Crippen LogP contribution in [0.1, 0.15) is 26.2 Å². The Kier molecular flexibility index (Phi) is 3.89. The Hall–Kier alpha value is -0.810. The number of piperidine rings is 1. The number of amides is 2. The van der Waals surface area contributed by atoms with Gasteiger partial charge in [-0.05, 0) is 26.2 Å². The summed E-state index contributed by atoms with van der Waals surface area (Å²) in [6.07, 6.45) is 2.93. The molecular weight excluding hydrogens is 220 g/mol. The second-order valence-electron chi connectivity index (χ2n) is 5.19. The van der Waals surface area contributed by atoms with Crippen molar-refractivity contribution in [2.24, 2.45) is 0 Å². The summed E-state index contributed by atoms with van der Waals surface area (Å²) in [5.74, 6) is 0. The van der Waals surface area contributed by atoms with Crippen molar-refractivity contribution in [1.29, 1.82) is 0 Å². The summed E-state index contributed by atoms with van der Waals surface area (Å²) < 4.78 is 10.7. The molecule has 2 amide bonds. The van der Waals surface area contributed by atoms with Crippen molar-refractivity contribution in [2.75, 3.05) is 33.4 Å². The summed E-state index contributed by atoms with van der Waals surface area (Å²) in [5, 5.41) is 3.02. The summed E-state index contributed by atoms with van der Waals surface area (Å²) in [4.78, 5) is 13.9. The fraction of sp³-hybridized carbons (Fsp3) is 0.917. The molecule has 0 bridgehead atoms. The zero-order valence-electron chi connectivity index (χ0n) is 10.7. The number of carbonyl (C=O) groups excluding carboxylic acids is 1. The van der Waals surface area contributed by atoms with Gasteiger partial charge >= 0.3 is 6.03 Å². The summed E-state index contributed by atoms with van der Waals surface area (Å²) >= 11 is 0. The molecule has 0 aromatic carbocycles. The predicted molar refractivity (Wildman–Crippen MR) is 64.0 cm³/mol. The van der Waals surface area contributed by atoms with Crippen LogP contribution in [0.3, 0.4) is 0 Å². The summed E-state index contributed by atoms with van der Waals surface area (Å²) in [7, 11) is 1.71. The number of ether oxygens (including phenoxy) is 2. The van der Waals surface area contributed by atoms with Crippen molar-refractivity contribution < 1.29 is 14.3 Å². The standard InChI is InChI=1S/C12H22N2O3/c1-12(16-2)5-3-6-14(9-12)11(15)13-10-4-7-17-8-10/h10H,3-9H2,1-2H3,(H,13,15). The van der Waals surface area contributed by atoms with Crippen LogP contribution in [0.2, 0.25) is 0 Å². The molecule has 0 saturated carbocycles. The highest BCUT2D eigenvalue weighted by atomic mass is 16.5. The van der Waals surface area contributed by atoms with Gasteiger partial charge in [-0.2, -0.15) is 0 Å². The number of nitrogens with one attached hydrogen (secondary N) is 1. The first-order valence-corrected chi connectivity index (χ1v) is 6.31. The molecule has 0 aromatic rings. The molecule has 5 heteroatoms. The van der Waals surface area contributed by atoms with E-state index < -0.39 is 0 Å². The minimum atomic E-state index is -0.193. The molecule has 0 radical (unpaired) electrons. The number of hydrogen-bond donors (Lipinski definition) is 1. The highest BCUT2D eigenvalue weighted by Gasteiger charge is 2.33. The van der Waals surface area contributed by atoms with Crippen molar-refractivity contribution in [1.82, 2.24) is 10.2 Å². The van der Waals surface area contributed by atoms with Crippen LogP contribution in [0.25, 0.3) is 0 Å². The molecule has 1 N–H and O–H groups in total. The third-order valence-corrected chi connectivity index (χ3v) is 3.70. The van der Waals surface area contributed by atoms with Crippen LogP contribution in [0.15, 0.2) is 0 Å². The Morgan fingerprint density at radius 3 is 3.06 bits per heavy atom. The predicted octanol–water partition coefficient (Wildman–Crippen LogP) is 0.986. The average Bonchev–Trinajstić information content (AvgIpc) is 2.82. The number of carbonyl (C=O) groups is 1. The van der Waals surface area contributed by atoms with Crippen molar-refractivity contribution in [3.8, 4) is 0 Å². The van der Waals surface area contributed by atoms with Gasteiger partial charge in [-0.3, -0.25) is 0 Å². The van der Waals surface area contributed by atoms with Gasteiger partial charge in [-0.1, -0.05) is 0 Å². The molecule has 2 saturated heterocycles. The molecule has 0 spiro atoms. The number of urea groups is 1. The monoisotopic (exact) mass is 242 g/mol. The quantitative estimate of drug-likeness (QED) is 0.785. The maximum atomic E-state index is 12.1. The maximum absolute atomic E-state index is 12.1. The maximum Gasteiger partial charge on any atom is 0.317 e. The van der Waals surface area contributed by atoms with Crippen molar-refractivity contribution in [3.63, 3.8) is 0 Å². The SMILES string of the molecule is COC1(C)CCCN(C(=O)NC2CCOC2)C1. The molecule has 2 unspecified atom stereocenters.